The molecule has 6 rings (SSSR count). The molecule has 3 saturated carbocycles. The number of aromatic nitrogens is 3. The van der Waals surface area contributed by atoms with Crippen LogP contribution in [0.3, 0.4) is 0 Å². The van der Waals surface area contributed by atoms with Gasteiger partial charge in [0.2, 0.25) is 0 Å². The smallest absolute Gasteiger partial charge is 0.306 e. The van der Waals surface area contributed by atoms with Crippen molar-refractivity contribution >= 4 is 22.8 Å². The first-order chi connectivity index (χ1) is 17.4. The highest BCUT2D eigenvalue weighted by Crippen LogP contribution is 2.58. The number of benzene rings is 1. The van der Waals surface area contributed by atoms with Crippen molar-refractivity contribution in [3.8, 4) is 11.8 Å². The molecule has 1 amide bonds. The van der Waals surface area contributed by atoms with Crippen molar-refractivity contribution in [3.05, 3.63) is 59.0 Å². The van der Waals surface area contributed by atoms with Crippen molar-refractivity contribution < 1.29 is 14.7 Å². The van der Waals surface area contributed by atoms with Gasteiger partial charge in [0.25, 0.3) is 5.91 Å². The number of amides is 1. The van der Waals surface area contributed by atoms with E-state index in [1.165, 1.54) is 12.8 Å². The molecular weight excluding hydrogens is 452 g/mol. The van der Waals surface area contributed by atoms with Crippen LogP contribution < -0.4 is 5.32 Å². The molecule has 1 atom stereocenters. The number of nitrogens with zero attached hydrogens (tertiary/aromatic N) is 3. The Morgan fingerprint density at radius 3 is 2.56 bits per heavy atom. The molecule has 1 spiro atoms. The Morgan fingerprint density at radius 1 is 1.14 bits per heavy atom. The van der Waals surface area contributed by atoms with Gasteiger partial charge in [-0.3, -0.25) is 19.3 Å². The maximum Gasteiger partial charge on any atom is 0.306 e. The zero-order chi connectivity index (χ0) is 25.0. The van der Waals surface area contributed by atoms with Crippen molar-refractivity contribution in [2.45, 2.75) is 70.4 Å². The average molecular weight is 483 g/mol. The predicted octanol–water partition coefficient (Wildman–Crippen LogP) is 4.66. The van der Waals surface area contributed by atoms with E-state index in [1.807, 2.05) is 23.0 Å². The van der Waals surface area contributed by atoms with Crippen molar-refractivity contribution in [1.82, 2.24) is 20.1 Å². The topological polar surface area (TPSA) is 97.1 Å². The maximum absolute atomic E-state index is 13.5. The summed E-state index contributed by atoms with van der Waals surface area (Å²) < 4.78 is 1.91. The number of carboxylic acids is 1. The number of pyridine rings is 1. The van der Waals surface area contributed by atoms with Gasteiger partial charge in [0, 0.05) is 34.8 Å². The highest BCUT2D eigenvalue weighted by atomic mass is 16.4. The fourth-order valence-electron chi connectivity index (χ4n) is 6.15. The summed E-state index contributed by atoms with van der Waals surface area (Å²) in [6.45, 7) is 3.87. The van der Waals surface area contributed by atoms with E-state index < -0.39 is 5.97 Å². The summed E-state index contributed by atoms with van der Waals surface area (Å²) in [5, 5.41) is 17.9. The summed E-state index contributed by atoms with van der Waals surface area (Å²) in [6, 6.07) is 7.93. The Kier molecular flexibility index (Phi) is 5.36. The molecule has 3 aliphatic rings. The molecule has 0 saturated heterocycles. The van der Waals surface area contributed by atoms with Gasteiger partial charge in [0.1, 0.15) is 0 Å². The Morgan fingerprint density at radius 2 is 1.92 bits per heavy atom. The van der Waals surface area contributed by atoms with Crippen molar-refractivity contribution in [2.24, 2.45) is 11.3 Å². The van der Waals surface area contributed by atoms with Gasteiger partial charge in [-0.1, -0.05) is 12.0 Å². The minimum Gasteiger partial charge on any atom is -0.481 e. The second-order valence-corrected chi connectivity index (χ2v) is 10.9. The molecule has 2 aromatic heterocycles. The Labute approximate surface area is 210 Å². The zero-order valence-electron chi connectivity index (χ0n) is 20.6. The van der Waals surface area contributed by atoms with Gasteiger partial charge in [-0.05, 0) is 81.5 Å². The average Bonchev–Trinajstić information content (AvgIpc) is 3.57. The van der Waals surface area contributed by atoms with Gasteiger partial charge in [-0.15, -0.1) is 5.92 Å². The number of rotatable bonds is 6. The molecule has 7 heteroatoms. The van der Waals surface area contributed by atoms with E-state index in [9.17, 15) is 14.7 Å². The van der Waals surface area contributed by atoms with Crippen LogP contribution >= 0.6 is 0 Å². The van der Waals surface area contributed by atoms with Crippen LogP contribution in [-0.4, -0.2) is 37.8 Å². The lowest BCUT2D eigenvalue weighted by atomic mass is 9.50. The first-order valence-corrected chi connectivity index (χ1v) is 12.8. The first kappa shape index (κ1) is 22.8. The molecule has 36 heavy (non-hydrogen) atoms. The zero-order valence-corrected chi connectivity index (χ0v) is 20.6. The van der Waals surface area contributed by atoms with Crippen LogP contribution in [0.15, 0.2) is 36.7 Å². The van der Waals surface area contributed by atoms with Crippen molar-refractivity contribution in [1.29, 1.82) is 0 Å². The lowest BCUT2D eigenvalue weighted by Crippen LogP contribution is -2.57. The Balaban J connectivity index is 1.27. The third-order valence-corrected chi connectivity index (χ3v) is 8.32. The second kappa shape index (κ2) is 8.48. The summed E-state index contributed by atoms with van der Waals surface area (Å²) in [5.74, 6) is 5.66. The largest absolute Gasteiger partial charge is 0.481 e. The summed E-state index contributed by atoms with van der Waals surface area (Å²) >= 11 is 0. The van der Waals surface area contributed by atoms with Crippen LogP contribution in [0.2, 0.25) is 0 Å². The van der Waals surface area contributed by atoms with E-state index in [0.29, 0.717) is 11.5 Å². The van der Waals surface area contributed by atoms with Crippen LogP contribution in [0.1, 0.15) is 91.5 Å². The van der Waals surface area contributed by atoms with Gasteiger partial charge in [-0.2, -0.15) is 5.10 Å². The van der Waals surface area contributed by atoms with Gasteiger partial charge in [0.15, 0.2) is 0 Å². The molecule has 0 aliphatic heterocycles. The number of carboxylic acid groups (broad SMARTS) is 1. The number of hydrogen-bond donors (Lipinski definition) is 2. The fourth-order valence-corrected chi connectivity index (χ4v) is 6.15. The molecule has 2 N–H and O–H groups in total. The third kappa shape index (κ3) is 3.85. The quantitative estimate of drug-likeness (QED) is 0.498. The van der Waals surface area contributed by atoms with Crippen LogP contribution in [0.4, 0.5) is 0 Å². The number of aliphatic carboxylic acids is 1. The molecule has 3 fully saturated rings. The number of fused-ring (bicyclic) bond motifs is 1. The highest BCUT2D eigenvalue weighted by Gasteiger charge is 2.55. The predicted molar refractivity (Wildman–Crippen MR) is 136 cm³/mol. The first-order valence-electron chi connectivity index (χ1n) is 12.8. The summed E-state index contributed by atoms with van der Waals surface area (Å²) in [5.41, 5.74) is 4.50. The highest BCUT2D eigenvalue weighted by molar-refractivity contribution is 6.07. The molecule has 0 unspecified atom stereocenters. The lowest BCUT2D eigenvalue weighted by molar-refractivity contribution is -0.155. The van der Waals surface area contributed by atoms with Gasteiger partial charge >= 0.3 is 5.97 Å². The van der Waals surface area contributed by atoms with Crippen molar-refractivity contribution in [2.75, 3.05) is 0 Å². The van der Waals surface area contributed by atoms with Crippen molar-refractivity contribution in [3.63, 3.8) is 0 Å². The molecule has 0 bridgehead atoms. The van der Waals surface area contributed by atoms with Gasteiger partial charge < -0.3 is 10.4 Å². The molecule has 1 aromatic carbocycles. The number of hydrogen-bond acceptors (Lipinski definition) is 4. The Hall–Kier alpha value is -3.66. The molecule has 2 heterocycles. The third-order valence-electron chi connectivity index (χ3n) is 8.32. The molecular formula is C29H30N4O3. The van der Waals surface area contributed by atoms with Crippen LogP contribution in [0, 0.1) is 23.2 Å². The maximum atomic E-state index is 13.5. The summed E-state index contributed by atoms with van der Waals surface area (Å²) in [6.07, 6.45) is 9.30. The lowest BCUT2D eigenvalue weighted by Gasteiger charge is -2.56. The number of carbonyl (C=O) groups is 2. The molecule has 3 aromatic rings. The monoisotopic (exact) mass is 482 g/mol. The number of nitrogens with one attached hydrogen (secondary N) is 1. The SMILES string of the molecule is CC#Cc1ccc(C(=O)NC2CC3(C2)CC(C(=O)O)C3)c2c1cnn2[C@@H](C)c1ccc(C2CC2)nc1. The fraction of sp³-hybridized carbons (Fsp3) is 0.448. The van der Waals surface area contributed by atoms with E-state index >= 15 is 0 Å². The minimum absolute atomic E-state index is 0.0744. The minimum atomic E-state index is -0.703. The van der Waals surface area contributed by atoms with E-state index in [1.54, 1.807) is 13.1 Å². The number of carbonyl (C=O) groups excluding carboxylic acids is 1. The molecule has 3 aliphatic carbocycles. The summed E-state index contributed by atoms with van der Waals surface area (Å²) in [7, 11) is 0. The van der Waals surface area contributed by atoms with E-state index in [-0.39, 0.29) is 29.3 Å². The van der Waals surface area contributed by atoms with E-state index in [4.69, 9.17) is 5.10 Å². The van der Waals surface area contributed by atoms with Crippen LogP contribution in [0.5, 0.6) is 0 Å². The second-order valence-electron chi connectivity index (χ2n) is 10.9. The molecule has 0 radical (unpaired) electrons. The van der Waals surface area contributed by atoms with E-state index in [2.05, 4.69) is 41.2 Å². The van der Waals surface area contributed by atoms with E-state index in [0.717, 1.165) is 53.4 Å². The molecule has 7 nitrogen and oxygen atoms in total. The van der Waals surface area contributed by atoms with Gasteiger partial charge in [0.05, 0.1) is 29.2 Å². The molecule has 184 valence electrons. The Bertz CT molecular complexity index is 1410. The summed E-state index contributed by atoms with van der Waals surface area (Å²) in [4.78, 5) is 29.3. The van der Waals surface area contributed by atoms with Crippen LogP contribution in [-0.2, 0) is 4.79 Å². The standard InChI is InChI=1S/C29H30N4O3/c1-3-4-18-7-9-23(27(34)32-22-13-29(14-22)11-21(12-29)28(35)36)26-24(18)16-31-33(26)17(2)20-8-10-25(30-15-20)19-5-6-19/h7-10,15-17,19,21-22H,5-6,11-14H2,1-2H3,(H,32,34)(H,35,36)/t17-,21?,22?,29?/m0/s1. The normalized spacial score (nSPS) is 25.4. The van der Waals surface area contributed by atoms with Crippen LogP contribution in [0.25, 0.3) is 10.9 Å². The van der Waals surface area contributed by atoms with Gasteiger partial charge in [-0.25, -0.2) is 0 Å².